The molecule has 3 atom stereocenters. The van der Waals surface area contributed by atoms with Crippen molar-refractivity contribution in [2.45, 2.75) is 32.2 Å². The number of rotatable bonds is 6. The fourth-order valence-electron chi connectivity index (χ4n) is 2.66. The second-order valence-corrected chi connectivity index (χ2v) is 7.37. The number of amides is 1. The Morgan fingerprint density at radius 3 is 2.83 bits per heavy atom. The number of ether oxygens (including phenoxy) is 2. The van der Waals surface area contributed by atoms with Crippen molar-refractivity contribution in [3.8, 4) is 0 Å². The number of hydrogen-bond donors (Lipinski definition) is 0. The summed E-state index contributed by atoms with van der Waals surface area (Å²) in [5.74, 6) is 0.525. The summed E-state index contributed by atoms with van der Waals surface area (Å²) < 4.78 is 22.6. The van der Waals surface area contributed by atoms with E-state index >= 15 is 0 Å². The summed E-state index contributed by atoms with van der Waals surface area (Å²) >= 11 is 0. The van der Waals surface area contributed by atoms with Gasteiger partial charge in [0.15, 0.2) is 12.3 Å². The highest BCUT2D eigenvalue weighted by molar-refractivity contribution is 7.85. The molecule has 3 rings (SSSR count). The fourth-order valence-corrected chi connectivity index (χ4v) is 3.24. The van der Waals surface area contributed by atoms with E-state index in [1.165, 1.54) is 4.90 Å². The molecule has 2 heterocycles. The van der Waals surface area contributed by atoms with E-state index in [1.807, 2.05) is 37.3 Å². The second-order valence-electron chi connectivity index (χ2n) is 5.58. The van der Waals surface area contributed by atoms with E-state index in [1.54, 1.807) is 6.08 Å². The first kappa shape index (κ1) is 16.7. The summed E-state index contributed by atoms with van der Waals surface area (Å²) in [6.45, 7) is 1.96. The van der Waals surface area contributed by atoms with Gasteiger partial charge in [-0.25, -0.2) is 4.79 Å². The smallest absolute Gasteiger partial charge is 0.337 e. The van der Waals surface area contributed by atoms with Gasteiger partial charge in [0.05, 0.1) is 6.42 Å². The van der Waals surface area contributed by atoms with Gasteiger partial charge in [0.2, 0.25) is 5.91 Å². The van der Waals surface area contributed by atoms with E-state index < -0.39 is 29.0 Å². The molecule has 128 valence electrons. The maximum atomic E-state index is 12.5. The summed E-state index contributed by atoms with van der Waals surface area (Å²) in [6, 6.07) is 8.46. The highest BCUT2D eigenvalue weighted by Crippen LogP contribution is 2.36. The third-order valence-corrected chi connectivity index (χ3v) is 5.19. The molecule has 0 spiro atoms. The summed E-state index contributed by atoms with van der Waals surface area (Å²) in [4.78, 5) is 25.7. The van der Waals surface area contributed by atoms with Crippen LogP contribution < -0.4 is 0 Å². The number of β-lactam (4-membered cyclic amide) rings is 1. The maximum Gasteiger partial charge on any atom is 0.337 e. The molecule has 0 bridgehead atoms. The zero-order valence-corrected chi connectivity index (χ0v) is 14.2. The lowest BCUT2D eigenvalue weighted by Crippen LogP contribution is -2.55. The monoisotopic (exact) mass is 349 g/mol. The van der Waals surface area contributed by atoms with Crippen LogP contribution in [0.15, 0.2) is 42.2 Å². The van der Waals surface area contributed by atoms with Gasteiger partial charge < -0.3 is 9.47 Å². The van der Waals surface area contributed by atoms with Crippen molar-refractivity contribution in [1.82, 2.24) is 4.90 Å². The Morgan fingerprint density at radius 2 is 2.17 bits per heavy atom. The molecule has 0 N–H and O–H groups in total. The van der Waals surface area contributed by atoms with E-state index in [0.29, 0.717) is 17.3 Å². The molecule has 0 saturated carbocycles. The lowest BCUT2D eigenvalue weighted by molar-refractivity contribution is -0.166. The van der Waals surface area contributed by atoms with Crippen molar-refractivity contribution in [2.24, 2.45) is 0 Å². The zero-order valence-electron chi connectivity index (χ0n) is 13.3. The van der Waals surface area contributed by atoms with Crippen LogP contribution in [-0.2, 0) is 36.5 Å². The Labute approximate surface area is 142 Å². The predicted octanol–water partition coefficient (Wildman–Crippen LogP) is 1.34. The van der Waals surface area contributed by atoms with Crippen molar-refractivity contribution in [2.75, 3.05) is 11.5 Å². The number of esters is 1. The first-order valence-corrected chi connectivity index (χ1v) is 9.32. The Balaban J connectivity index is 1.70. The quantitative estimate of drug-likeness (QED) is 0.572. The lowest BCUT2D eigenvalue weighted by Gasteiger charge is -2.33. The highest BCUT2D eigenvalue weighted by atomic mass is 32.2. The van der Waals surface area contributed by atoms with Crippen molar-refractivity contribution in [1.29, 1.82) is 0 Å². The third-order valence-electron chi connectivity index (χ3n) is 4.01. The molecule has 3 unspecified atom stereocenters. The molecule has 2 aliphatic heterocycles. The third kappa shape index (κ3) is 3.36. The fraction of sp³-hybridized carbons (Fsp3) is 0.412. The molecule has 0 radical (unpaired) electrons. The van der Waals surface area contributed by atoms with E-state index in [2.05, 4.69) is 0 Å². The maximum absolute atomic E-state index is 12.5. The molecule has 1 aromatic carbocycles. The number of carbonyl (C=O) groups is 2. The van der Waals surface area contributed by atoms with Crippen LogP contribution >= 0.6 is 0 Å². The van der Waals surface area contributed by atoms with Crippen LogP contribution in [0.3, 0.4) is 0 Å². The zero-order chi connectivity index (χ0) is 17.1. The van der Waals surface area contributed by atoms with Crippen LogP contribution in [-0.4, -0.2) is 44.8 Å². The molecular weight excluding hydrogens is 330 g/mol. The van der Waals surface area contributed by atoms with E-state index in [-0.39, 0.29) is 18.9 Å². The summed E-state index contributed by atoms with van der Waals surface area (Å²) in [6.07, 6.45) is 1.49. The Hall–Kier alpha value is -2.15. The van der Waals surface area contributed by atoms with Gasteiger partial charge in [-0.2, -0.15) is 0 Å². The molecule has 2 fully saturated rings. The standard InChI is InChI=1S/C17H19NO5S/c1-2-24(21)9-8-13-16(18-14(19)10-15(18)23-13)17(20)22-11-12-6-4-3-5-7-12/h3-8,15-16H,2,9-11H2,1H3. The molecule has 24 heavy (non-hydrogen) atoms. The van der Waals surface area contributed by atoms with Crippen LogP contribution in [0.1, 0.15) is 18.9 Å². The molecule has 1 amide bonds. The van der Waals surface area contributed by atoms with E-state index in [0.717, 1.165) is 5.56 Å². The largest absolute Gasteiger partial charge is 0.472 e. The summed E-state index contributed by atoms with van der Waals surface area (Å²) in [5, 5.41) is 0. The number of hydrogen-bond acceptors (Lipinski definition) is 5. The predicted molar refractivity (Wildman–Crippen MR) is 88.0 cm³/mol. The van der Waals surface area contributed by atoms with Gasteiger partial charge in [0.1, 0.15) is 12.4 Å². The molecular formula is C17H19NO5S. The van der Waals surface area contributed by atoms with Crippen LogP contribution in [0, 0.1) is 0 Å². The first-order valence-electron chi connectivity index (χ1n) is 7.83. The van der Waals surface area contributed by atoms with Crippen molar-refractivity contribution >= 4 is 22.7 Å². The van der Waals surface area contributed by atoms with Crippen LogP contribution in [0.25, 0.3) is 0 Å². The van der Waals surface area contributed by atoms with Gasteiger partial charge in [-0.15, -0.1) is 0 Å². The summed E-state index contributed by atoms with van der Waals surface area (Å²) in [5.41, 5.74) is 0.869. The summed E-state index contributed by atoms with van der Waals surface area (Å²) in [7, 11) is -1.01. The first-order chi connectivity index (χ1) is 11.6. The Morgan fingerprint density at radius 1 is 1.42 bits per heavy atom. The normalized spacial score (nSPS) is 25.0. The lowest BCUT2D eigenvalue weighted by atomic mass is 10.1. The number of nitrogens with zero attached hydrogens (tertiary/aromatic N) is 1. The Bertz CT molecular complexity index is 687. The average molecular weight is 349 g/mol. The van der Waals surface area contributed by atoms with Crippen molar-refractivity contribution in [3.63, 3.8) is 0 Å². The number of benzene rings is 1. The van der Waals surface area contributed by atoms with Gasteiger partial charge >= 0.3 is 5.97 Å². The highest BCUT2D eigenvalue weighted by Gasteiger charge is 2.54. The van der Waals surface area contributed by atoms with Crippen LogP contribution in [0.2, 0.25) is 0 Å². The minimum absolute atomic E-state index is 0.136. The van der Waals surface area contributed by atoms with Gasteiger partial charge in [-0.3, -0.25) is 13.9 Å². The topological polar surface area (TPSA) is 72.9 Å². The minimum atomic E-state index is -1.01. The molecule has 7 heteroatoms. The second kappa shape index (κ2) is 7.17. The van der Waals surface area contributed by atoms with Crippen molar-refractivity contribution in [3.05, 3.63) is 47.7 Å². The number of fused-ring (bicyclic) bond motifs is 1. The van der Waals surface area contributed by atoms with Crippen LogP contribution in [0.5, 0.6) is 0 Å². The molecule has 6 nitrogen and oxygen atoms in total. The molecule has 2 aliphatic rings. The van der Waals surface area contributed by atoms with E-state index in [4.69, 9.17) is 9.47 Å². The van der Waals surface area contributed by atoms with Gasteiger partial charge in [-0.05, 0) is 11.6 Å². The van der Waals surface area contributed by atoms with Gasteiger partial charge in [-0.1, -0.05) is 37.3 Å². The van der Waals surface area contributed by atoms with Crippen molar-refractivity contribution < 1.29 is 23.3 Å². The molecule has 2 saturated heterocycles. The molecule has 1 aromatic rings. The van der Waals surface area contributed by atoms with Gasteiger partial charge in [0, 0.05) is 22.3 Å². The van der Waals surface area contributed by atoms with Crippen LogP contribution in [0.4, 0.5) is 0 Å². The minimum Gasteiger partial charge on any atom is -0.472 e. The average Bonchev–Trinajstić information content (AvgIpc) is 2.90. The molecule has 0 aromatic heterocycles. The Kier molecular flexibility index (Phi) is 4.99. The molecule has 0 aliphatic carbocycles. The van der Waals surface area contributed by atoms with Gasteiger partial charge in [0.25, 0.3) is 0 Å². The SMILES string of the molecule is CCS(=O)CC=C1OC2CC(=O)N2C1C(=O)OCc1ccccc1. The van der Waals surface area contributed by atoms with E-state index in [9.17, 15) is 13.8 Å². The number of carbonyl (C=O) groups excluding carboxylic acids is 2.